The zero-order valence-corrected chi connectivity index (χ0v) is 21.1. The molecule has 9 heteroatoms. The number of pyridine rings is 1. The summed E-state index contributed by atoms with van der Waals surface area (Å²) < 4.78 is 7.09. The number of nitrogens with zero attached hydrogens (tertiary/aromatic N) is 5. The molecule has 1 amide bonds. The van der Waals surface area contributed by atoms with Gasteiger partial charge in [-0.1, -0.05) is 42.5 Å². The molecule has 1 N–H and O–H groups in total. The second-order valence-corrected chi connectivity index (χ2v) is 8.95. The fraction of sp³-hybridized carbons (Fsp3) is 0.241. The number of carbonyl (C=O) groups excluding carboxylic acids is 1. The predicted octanol–water partition coefficient (Wildman–Crippen LogP) is 3.36. The summed E-state index contributed by atoms with van der Waals surface area (Å²) in [5.41, 5.74) is 2.64. The lowest BCUT2D eigenvalue weighted by molar-refractivity contribution is -0.132. The van der Waals surface area contributed by atoms with Gasteiger partial charge in [-0.2, -0.15) is 9.78 Å². The van der Waals surface area contributed by atoms with E-state index in [9.17, 15) is 9.59 Å². The molecule has 2 aromatic carbocycles. The SMILES string of the molecule is O=C(CCOc1ccccc1)N1CCN(c2cnn(-c3ccccc3)c(=O)c2NCc2cccnc2)CC1. The molecule has 1 aliphatic rings. The van der Waals surface area contributed by atoms with Crippen molar-refractivity contribution >= 4 is 17.3 Å². The van der Waals surface area contributed by atoms with E-state index in [0.717, 1.165) is 17.0 Å². The van der Waals surface area contributed by atoms with E-state index in [4.69, 9.17) is 4.74 Å². The molecule has 0 unspecified atom stereocenters. The molecule has 2 aromatic heterocycles. The molecule has 0 radical (unpaired) electrons. The van der Waals surface area contributed by atoms with Crippen molar-refractivity contribution in [1.29, 1.82) is 0 Å². The van der Waals surface area contributed by atoms with Crippen LogP contribution in [0, 0.1) is 0 Å². The highest BCUT2D eigenvalue weighted by Crippen LogP contribution is 2.24. The highest BCUT2D eigenvalue weighted by molar-refractivity contribution is 5.77. The molecule has 0 bridgehead atoms. The van der Waals surface area contributed by atoms with Crippen molar-refractivity contribution in [3.63, 3.8) is 0 Å². The number of benzene rings is 2. The van der Waals surface area contributed by atoms with E-state index < -0.39 is 0 Å². The summed E-state index contributed by atoms with van der Waals surface area (Å²) in [6.45, 7) is 3.12. The van der Waals surface area contributed by atoms with Gasteiger partial charge in [0.15, 0.2) is 0 Å². The Morgan fingerprint density at radius 3 is 2.34 bits per heavy atom. The molecule has 9 nitrogen and oxygen atoms in total. The number of para-hydroxylation sites is 2. The number of rotatable bonds is 9. The van der Waals surface area contributed by atoms with E-state index in [1.54, 1.807) is 18.6 Å². The maximum absolute atomic E-state index is 13.6. The van der Waals surface area contributed by atoms with E-state index in [-0.39, 0.29) is 11.5 Å². The lowest BCUT2D eigenvalue weighted by Gasteiger charge is -2.36. The van der Waals surface area contributed by atoms with Crippen LogP contribution in [0.1, 0.15) is 12.0 Å². The van der Waals surface area contributed by atoms with E-state index in [1.165, 1.54) is 4.68 Å². The summed E-state index contributed by atoms with van der Waals surface area (Å²) in [7, 11) is 0. The van der Waals surface area contributed by atoms with Crippen LogP contribution in [0.15, 0.2) is 96.2 Å². The Balaban J connectivity index is 1.27. The van der Waals surface area contributed by atoms with Crippen LogP contribution in [0.25, 0.3) is 5.69 Å². The molecule has 0 spiro atoms. The maximum atomic E-state index is 13.6. The number of nitrogens with one attached hydrogen (secondary N) is 1. The largest absolute Gasteiger partial charge is 0.493 e. The zero-order valence-electron chi connectivity index (χ0n) is 21.1. The smallest absolute Gasteiger partial charge is 0.296 e. The van der Waals surface area contributed by atoms with Gasteiger partial charge in [0.05, 0.1) is 30.6 Å². The molecule has 0 aliphatic carbocycles. The Labute approximate surface area is 221 Å². The van der Waals surface area contributed by atoms with Gasteiger partial charge in [0.25, 0.3) is 5.56 Å². The van der Waals surface area contributed by atoms with Crippen LogP contribution < -0.4 is 20.5 Å². The minimum Gasteiger partial charge on any atom is -0.493 e. The number of hydrogen-bond donors (Lipinski definition) is 1. The van der Waals surface area contributed by atoms with E-state index >= 15 is 0 Å². The second-order valence-electron chi connectivity index (χ2n) is 8.95. The molecule has 1 aliphatic heterocycles. The molecule has 194 valence electrons. The first-order chi connectivity index (χ1) is 18.7. The Hall–Kier alpha value is -4.66. The lowest BCUT2D eigenvalue weighted by Crippen LogP contribution is -2.49. The number of carbonyl (C=O) groups is 1. The normalized spacial score (nSPS) is 13.3. The van der Waals surface area contributed by atoms with Gasteiger partial charge in [-0.3, -0.25) is 14.6 Å². The fourth-order valence-electron chi connectivity index (χ4n) is 4.42. The van der Waals surface area contributed by atoms with E-state index in [2.05, 4.69) is 20.3 Å². The van der Waals surface area contributed by atoms with Gasteiger partial charge < -0.3 is 19.9 Å². The van der Waals surface area contributed by atoms with Crippen molar-refractivity contribution in [3.05, 3.63) is 107 Å². The maximum Gasteiger partial charge on any atom is 0.296 e. The van der Waals surface area contributed by atoms with Crippen molar-refractivity contribution in [3.8, 4) is 11.4 Å². The van der Waals surface area contributed by atoms with Crippen LogP contribution in [-0.2, 0) is 11.3 Å². The fourth-order valence-corrected chi connectivity index (χ4v) is 4.42. The number of piperazine rings is 1. The van der Waals surface area contributed by atoms with Gasteiger partial charge in [0, 0.05) is 45.1 Å². The highest BCUT2D eigenvalue weighted by Gasteiger charge is 2.24. The molecule has 0 saturated carbocycles. The molecular weight excluding hydrogens is 480 g/mol. The van der Waals surface area contributed by atoms with Gasteiger partial charge >= 0.3 is 0 Å². The summed E-state index contributed by atoms with van der Waals surface area (Å²) in [6, 6.07) is 22.7. The number of ether oxygens (including phenoxy) is 1. The standard InChI is InChI=1S/C29H30N6O3/c36-27(13-19-38-25-11-5-2-6-12-25)34-17-15-33(16-18-34)26-22-32-35(24-9-3-1-4-10-24)29(37)28(26)31-21-23-8-7-14-30-20-23/h1-12,14,20,22,31H,13,15-19,21H2. The third-order valence-corrected chi connectivity index (χ3v) is 6.45. The van der Waals surface area contributed by atoms with Crippen LogP contribution >= 0.6 is 0 Å². The van der Waals surface area contributed by atoms with Gasteiger partial charge in [-0.05, 0) is 35.9 Å². The summed E-state index contributed by atoms with van der Waals surface area (Å²) in [6.07, 6.45) is 5.54. The number of amides is 1. The Bertz CT molecular complexity index is 1390. The van der Waals surface area contributed by atoms with Crippen LogP contribution in [0.2, 0.25) is 0 Å². The highest BCUT2D eigenvalue weighted by atomic mass is 16.5. The third-order valence-electron chi connectivity index (χ3n) is 6.45. The van der Waals surface area contributed by atoms with Crippen LogP contribution in [0.3, 0.4) is 0 Å². The van der Waals surface area contributed by atoms with Gasteiger partial charge in [0.1, 0.15) is 11.4 Å². The number of aromatic nitrogens is 3. The summed E-state index contributed by atoms with van der Waals surface area (Å²) in [5.74, 6) is 0.822. The summed E-state index contributed by atoms with van der Waals surface area (Å²) in [4.78, 5) is 34.5. The van der Waals surface area contributed by atoms with Crippen molar-refractivity contribution in [1.82, 2.24) is 19.7 Å². The Kier molecular flexibility index (Phi) is 7.93. The minimum absolute atomic E-state index is 0.0631. The molecule has 38 heavy (non-hydrogen) atoms. The quantitative estimate of drug-likeness (QED) is 0.369. The molecular formula is C29H30N6O3. The van der Waals surface area contributed by atoms with Crippen LogP contribution in [0.4, 0.5) is 11.4 Å². The second kappa shape index (κ2) is 12.1. The van der Waals surface area contributed by atoms with E-state index in [0.29, 0.717) is 57.1 Å². The van der Waals surface area contributed by atoms with Gasteiger partial charge in [0.2, 0.25) is 5.91 Å². The first-order valence-corrected chi connectivity index (χ1v) is 12.7. The first kappa shape index (κ1) is 25.0. The van der Waals surface area contributed by atoms with Crippen molar-refractivity contribution in [2.45, 2.75) is 13.0 Å². The lowest BCUT2D eigenvalue weighted by atomic mass is 10.2. The number of hydrogen-bond acceptors (Lipinski definition) is 7. The monoisotopic (exact) mass is 510 g/mol. The van der Waals surface area contributed by atoms with Crippen molar-refractivity contribution in [2.75, 3.05) is 43.0 Å². The zero-order chi connectivity index (χ0) is 26.2. The topological polar surface area (TPSA) is 92.6 Å². The molecule has 1 fully saturated rings. The molecule has 4 aromatic rings. The Morgan fingerprint density at radius 2 is 1.63 bits per heavy atom. The average molecular weight is 511 g/mol. The van der Waals surface area contributed by atoms with Gasteiger partial charge in [-0.25, -0.2) is 0 Å². The number of anilines is 2. The summed E-state index contributed by atoms with van der Waals surface area (Å²) >= 11 is 0. The van der Waals surface area contributed by atoms with Crippen molar-refractivity contribution < 1.29 is 9.53 Å². The van der Waals surface area contributed by atoms with E-state index in [1.807, 2.05) is 77.7 Å². The molecule has 0 atom stereocenters. The third kappa shape index (κ3) is 6.00. The summed E-state index contributed by atoms with van der Waals surface area (Å²) in [5, 5.41) is 7.81. The molecule has 1 saturated heterocycles. The Morgan fingerprint density at radius 1 is 0.895 bits per heavy atom. The molecule has 5 rings (SSSR count). The average Bonchev–Trinajstić information content (AvgIpc) is 2.98. The first-order valence-electron chi connectivity index (χ1n) is 12.7. The predicted molar refractivity (Wildman–Crippen MR) is 147 cm³/mol. The van der Waals surface area contributed by atoms with Gasteiger partial charge in [-0.15, -0.1) is 0 Å². The molecule has 3 heterocycles. The minimum atomic E-state index is -0.228. The van der Waals surface area contributed by atoms with Crippen LogP contribution in [-0.4, -0.2) is 58.4 Å². The van der Waals surface area contributed by atoms with Crippen molar-refractivity contribution in [2.24, 2.45) is 0 Å². The van der Waals surface area contributed by atoms with Crippen LogP contribution in [0.5, 0.6) is 5.75 Å².